The first kappa shape index (κ1) is 11.9. The minimum atomic E-state index is 0.485. The van der Waals surface area contributed by atoms with Gasteiger partial charge in [0, 0.05) is 31.6 Å². The summed E-state index contributed by atoms with van der Waals surface area (Å²) < 4.78 is 3.37. The first-order valence-electron chi connectivity index (χ1n) is 5.51. The molecule has 0 radical (unpaired) electrons. The molecule has 2 rings (SSSR count). The summed E-state index contributed by atoms with van der Waals surface area (Å²) in [6.07, 6.45) is 3.70. The predicted octanol–water partition coefficient (Wildman–Crippen LogP) is 1.96. The van der Waals surface area contributed by atoms with Gasteiger partial charge in [0.1, 0.15) is 3.70 Å². The Morgan fingerprint density at radius 3 is 3.12 bits per heavy atom. The zero-order valence-electron chi connectivity index (χ0n) is 9.36. The first-order valence-corrected chi connectivity index (χ1v) is 6.59. The van der Waals surface area contributed by atoms with Crippen LogP contribution in [0.15, 0.2) is 6.20 Å². The van der Waals surface area contributed by atoms with E-state index in [2.05, 4.69) is 50.3 Å². The second-order valence-corrected chi connectivity index (χ2v) is 5.24. The van der Waals surface area contributed by atoms with Gasteiger partial charge in [-0.3, -0.25) is 4.68 Å². The molecule has 1 unspecified atom stereocenters. The van der Waals surface area contributed by atoms with Crippen molar-refractivity contribution >= 4 is 22.6 Å². The lowest BCUT2D eigenvalue weighted by molar-refractivity contribution is 0.325. The molecule has 1 aromatic heterocycles. The number of halogens is 1. The van der Waals surface area contributed by atoms with Gasteiger partial charge in [0.25, 0.3) is 0 Å². The van der Waals surface area contributed by atoms with Crippen LogP contribution in [-0.2, 0) is 0 Å². The highest BCUT2D eigenvalue weighted by atomic mass is 127. The standard InChI is InChI=1S/C11H15IN4/c1-9-7-14-16(11(9)12)10-3-6-15(8-10)5-2-4-13/h7,10H,2-3,5-6,8H2,1H3. The molecule has 1 atom stereocenters. The van der Waals surface area contributed by atoms with Gasteiger partial charge in [-0.05, 0) is 35.9 Å². The maximum atomic E-state index is 8.56. The molecule has 0 aliphatic carbocycles. The molecule has 0 aromatic carbocycles. The van der Waals surface area contributed by atoms with Gasteiger partial charge in [-0.2, -0.15) is 10.4 Å². The van der Waals surface area contributed by atoms with Crippen LogP contribution >= 0.6 is 22.6 Å². The fourth-order valence-corrected chi connectivity index (χ4v) is 2.77. The summed E-state index contributed by atoms with van der Waals surface area (Å²) in [6.45, 7) is 5.09. The Morgan fingerprint density at radius 2 is 2.50 bits per heavy atom. The Hall–Kier alpha value is -0.610. The van der Waals surface area contributed by atoms with Crippen molar-refractivity contribution in [2.75, 3.05) is 19.6 Å². The normalized spacial score (nSPS) is 21.2. The highest BCUT2D eigenvalue weighted by molar-refractivity contribution is 14.1. The van der Waals surface area contributed by atoms with E-state index >= 15 is 0 Å². The maximum Gasteiger partial charge on any atom is 0.102 e. The van der Waals surface area contributed by atoms with E-state index in [4.69, 9.17) is 5.26 Å². The molecule has 1 aromatic rings. The molecular formula is C11H15IN4. The molecular weight excluding hydrogens is 315 g/mol. The van der Waals surface area contributed by atoms with Crippen LogP contribution in [0.3, 0.4) is 0 Å². The molecule has 2 heterocycles. The minimum Gasteiger partial charge on any atom is -0.300 e. The molecule has 5 heteroatoms. The van der Waals surface area contributed by atoms with Crippen molar-refractivity contribution in [2.45, 2.75) is 25.8 Å². The largest absolute Gasteiger partial charge is 0.300 e. The number of nitriles is 1. The number of likely N-dealkylation sites (tertiary alicyclic amines) is 1. The third-order valence-electron chi connectivity index (χ3n) is 3.04. The Balaban J connectivity index is 1.99. The zero-order chi connectivity index (χ0) is 11.5. The van der Waals surface area contributed by atoms with E-state index < -0.39 is 0 Å². The van der Waals surface area contributed by atoms with E-state index in [1.54, 1.807) is 0 Å². The number of aryl methyl sites for hydroxylation is 1. The molecule has 0 amide bonds. The molecule has 1 fully saturated rings. The van der Waals surface area contributed by atoms with E-state index in [1.807, 2.05) is 6.20 Å². The number of hydrogen-bond acceptors (Lipinski definition) is 3. The minimum absolute atomic E-state index is 0.485. The summed E-state index contributed by atoms with van der Waals surface area (Å²) in [5.74, 6) is 0. The van der Waals surface area contributed by atoms with Gasteiger partial charge in [0.2, 0.25) is 0 Å². The fraction of sp³-hybridized carbons (Fsp3) is 0.636. The molecule has 1 aliphatic rings. The number of nitrogens with zero attached hydrogens (tertiary/aromatic N) is 4. The van der Waals surface area contributed by atoms with Crippen LogP contribution in [0.1, 0.15) is 24.4 Å². The number of aromatic nitrogens is 2. The molecule has 86 valence electrons. The highest BCUT2D eigenvalue weighted by Crippen LogP contribution is 2.24. The van der Waals surface area contributed by atoms with E-state index in [1.165, 1.54) is 9.26 Å². The third-order valence-corrected chi connectivity index (χ3v) is 4.38. The Kier molecular flexibility index (Phi) is 3.82. The molecule has 1 saturated heterocycles. The second-order valence-electron chi connectivity index (χ2n) is 4.21. The number of hydrogen-bond donors (Lipinski definition) is 0. The van der Waals surface area contributed by atoms with Gasteiger partial charge in [-0.15, -0.1) is 0 Å². The van der Waals surface area contributed by atoms with E-state index in [9.17, 15) is 0 Å². The van der Waals surface area contributed by atoms with E-state index in [0.717, 1.165) is 26.1 Å². The lowest BCUT2D eigenvalue weighted by Crippen LogP contribution is -2.23. The summed E-state index contributed by atoms with van der Waals surface area (Å²) in [4.78, 5) is 2.35. The second kappa shape index (κ2) is 5.15. The van der Waals surface area contributed by atoms with Crippen LogP contribution in [0.2, 0.25) is 0 Å². The summed E-state index contributed by atoms with van der Waals surface area (Å²) in [5.41, 5.74) is 1.25. The average Bonchev–Trinajstić information content (AvgIpc) is 2.85. The van der Waals surface area contributed by atoms with Crippen molar-refractivity contribution in [3.63, 3.8) is 0 Å². The molecule has 16 heavy (non-hydrogen) atoms. The van der Waals surface area contributed by atoms with Crippen LogP contribution in [0.5, 0.6) is 0 Å². The fourth-order valence-electron chi connectivity index (χ4n) is 2.11. The van der Waals surface area contributed by atoms with Crippen LogP contribution in [-0.4, -0.2) is 34.3 Å². The Bertz CT molecular complexity index is 407. The van der Waals surface area contributed by atoms with Crippen LogP contribution in [0.25, 0.3) is 0 Å². The monoisotopic (exact) mass is 330 g/mol. The molecule has 0 N–H and O–H groups in total. The van der Waals surface area contributed by atoms with Crippen molar-refractivity contribution in [1.29, 1.82) is 5.26 Å². The van der Waals surface area contributed by atoms with Crippen molar-refractivity contribution in [3.05, 3.63) is 15.5 Å². The zero-order valence-corrected chi connectivity index (χ0v) is 11.5. The summed E-state index contributed by atoms with van der Waals surface area (Å²) >= 11 is 2.36. The van der Waals surface area contributed by atoms with E-state index in [-0.39, 0.29) is 0 Å². The number of rotatable bonds is 3. The van der Waals surface area contributed by atoms with Crippen molar-refractivity contribution < 1.29 is 0 Å². The van der Waals surface area contributed by atoms with Crippen LogP contribution in [0, 0.1) is 22.0 Å². The van der Waals surface area contributed by atoms with Crippen LogP contribution in [0.4, 0.5) is 0 Å². The molecule has 1 aliphatic heterocycles. The molecule has 0 spiro atoms. The van der Waals surface area contributed by atoms with Gasteiger partial charge in [0.15, 0.2) is 0 Å². The van der Waals surface area contributed by atoms with Crippen molar-refractivity contribution in [1.82, 2.24) is 14.7 Å². The lowest BCUT2D eigenvalue weighted by Gasteiger charge is -2.15. The topological polar surface area (TPSA) is 44.9 Å². The average molecular weight is 330 g/mol. The summed E-state index contributed by atoms with van der Waals surface area (Å²) in [6, 6.07) is 2.68. The lowest BCUT2D eigenvalue weighted by atomic mass is 10.3. The third kappa shape index (κ3) is 2.38. The van der Waals surface area contributed by atoms with Crippen LogP contribution < -0.4 is 0 Å². The predicted molar refractivity (Wildman–Crippen MR) is 70.0 cm³/mol. The quantitative estimate of drug-likeness (QED) is 0.796. The Morgan fingerprint density at radius 1 is 1.69 bits per heavy atom. The van der Waals surface area contributed by atoms with Gasteiger partial charge >= 0.3 is 0 Å². The maximum absolute atomic E-state index is 8.56. The van der Waals surface area contributed by atoms with Gasteiger partial charge in [0.05, 0.1) is 18.3 Å². The molecule has 0 saturated carbocycles. The van der Waals surface area contributed by atoms with Crippen molar-refractivity contribution in [3.8, 4) is 6.07 Å². The summed E-state index contributed by atoms with van der Waals surface area (Å²) in [5, 5.41) is 13.0. The SMILES string of the molecule is Cc1cnn(C2CCN(CCC#N)C2)c1I. The van der Waals surface area contributed by atoms with Gasteiger partial charge in [-0.25, -0.2) is 0 Å². The smallest absolute Gasteiger partial charge is 0.102 e. The van der Waals surface area contributed by atoms with Crippen molar-refractivity contribution in [2.24, 2.45) is 0 Å². The van der Waals surface area contributed by atoms with Gasteiger partial charge in [-0.1, -0.05) is 0 Å². The van der Waals surface area contributed by atoms with Gasteiger partial charge < -0.3 is 4.90 Å². The van der Waals surface area contributed by atoms with E-state index in [0.29, 0.717) is 12.5 Å². The molecule has 4 nitrogen and oxygen atoms in total. The first-order chi connectivity index (χ1) is 7.72. The Labute approximate surface area is 109 Å². The molecule has 0 bridgehead atoms. The summed E-state index contributed by atoms with van der Waals surface area (Å²) in [7, 11) is 0. The highest BCUT2D eigenvalue weighted by Gasteiger charge is 2.25.